The van der Waals surface area contributed by atoms with Crippen molar-refractivity contribution in [2.24, 2.45) is 0 Å². The number of fused-ring (bicyclic) bond motifs is 6. The minimum absolute atomic E-state index is 0.861. The van der Waals surface area contributed by atoms with Gasteiger partial charge in [0.2, 0.25) is 0 Å². The Balaban J connectivity index is 1.33. The van der Waals surface area contributed by atoms with Crippen LogP contribution in [0.1, 0.15) is 0 Å². The first-order valence-electron chi connectivity index (χ1n) is 14.5. The van der Waals surface area contributed by atoms with Crippen LogP contribution in [0.4, 0.5) is 0 Å². The predicted octanol–water partition coefficient (Wildman–Crippen LogP) is 10.8. The van der Waals surface area contributed by atoms with Crippen LogP contribution in [0.25, 0.3) is 88.0 Å². The predicted molar refractivity (Wildman–Crippen MR) is 178 cm³/mol. The molecule has 0 spiro atoms. The van der Waals surface area contributed by atoms with Gasteiger partial charge in [0.15, 0.2) is 0 Å². The van der Waals surface area contributed by atoms with E-state index in [1.165, 1.54) is 37.9 Å². The Hall–Kier alpha value is -5.80. The number of rotatable bonds is 3. The van der Waals surface area contributed by atoms with E-state index in [9.17, 15) is 0 Å². The van der Waals surface area contributed by atoms with Crippen molar-refractivity contribution in [2.45, 2.75) is 0 Å². The van der Waals surface area contributed by atoms with Gasteiger partial charge in [-0.2, -0.15) is 0 Å². The molecule has 3 aromatic heterocycles. The first-order chi connectivity index (χ1) is 21.3. The molecule has 6 aromatic carbocycles. The standard InChI is InChI=1S/C40H24N2O/c1-2-11-26-24-38-33(22-25(26)10-1)32-23-27(19-20-37(32)43-38)39-28-12-3-5-14-30(28)40(31-15-6-4-13-29(31)39)36-18-9-17-35(42-36)34-16-7-8-21-41-34/h1-24H. The van der Waals surface area contributed by atoms with E-state index in [0.29, 0.717) is 0 Å². The number of nitrogens with zero attached hydrogens (tertiary/aromatic N) is 2. The molecule has 0 atom stereocenters. The molecule has 43 heavy (non-hydrogen) atoms. The molecule has 0 saturated heterocycles. The second kappa shape index (κ2) is 9.37. The van der Waals surface area contributed by atoms with Crippen LogP contribution in [0.15, 0.2) is 150 Å². The lowest BCUT2D eigenvalue weighted by Gasteiger charge is -2.17. The average Bonchev–Trinajstić information content (AvgIpc) is 3.43. The Bertz CT molecular complexity index is 2450. The molecule has 200 valence electrons. The van der Waals surface area contributed by atoms with Crippen molar-refractivity contribution >= 4 is 54.3 Å². The summed E-state index contributed by atoms with van der Waals surface area (Å²) in [4.78, 5) is 9.68. The molecule has 0 amide bonds. The van der Waals surface area contributed by atoms with Gasteiger partial charge in [-0.1, -0.05) is 91.0 Å². The maximum absolute atomic E-state index is 6.34. The van der Waals surface area contributed by atoms with Gasteiger partial charge in [0.25, 0.3) is 0 Å². The highest BCUT2D eigenvalue weighted by atomic mass is 16.3. The van der Waals surface area contributed by atoms with Gasteiger partial charge in [-0.3, -0.25) is 4.98 Å². The number of hydrogen-bond acceptors (Lipinski definition) is 3. The van der Waals surface area contributed by atoms with Crippen molar-refractivity contribution in [3.63, 3.8) is 0 Å². The molecule has 0 saturated carbocycles. The molecule has 0 N–H and O–H groups in total. The monoisotopic (exact) mass is 548 g/mol. The fraction of sp³-hybridized carbons (Fsp3) is 0. The lowest BCUT2D eigenvalue weighted by Crippen LogP contribution is -1.94. The zero-order valence-electron chi connectivity index (χ0n) is 23.2. The first-order valence-corrected chi connectivity index (χ1v) is 14.5. The lowest BCUT2D eigenvalue weighted by molar-refractivity contribution is 0.669. The first kappa shape index (κ1) is 23.9. The van der Waals surface area contributed by atoms with Gasteiger partial charge in [-0.15, -0.1) is 0 Å². The Morgan fingerprint density at radius 1 is 0.395 bits per heavy atom. The van der Waals surface area contributed by atoms with E-state index >= 15 is 0 Å². The summed E-state index contributed by atoms with van der Waals surface area (Å²) in [6, 6.07) is 49.0. The van der Waals surface area contributed by atoms with Crippen LogP contribution in [0.3, 0.4) is 0 Å². The largest absolute Gasteiger partial charge is 0.456 e. The summed E-state index contributed by atoms with van der Waals surface area (Å²) < 4.78 is 6.34. The van der Waals surface area contributed by atoms with E-state index in [2.05, 4.69) is 120 Å². The van der Waals surface area contributed by atoms with E-state index in [-0.39, 0.29) is 0 Å². The van der Waals surface area contributed by atoms with Crippen LogP contribution in [0.2, 0.25) is 0 Å². The van der Waals surface area contributed by atoms with E-state index in [1.54, 1.807) is 0 Å². The molecule has 9 aromatic rings. The summed E-state index contributed by atoms with van der Waals surface area (Å²) in [7, 11) is 0. The summed E-state index contributed by atoms with van der Waals surface area (Å²) in [5, 5.41) is 9.38. The minimum Gasteiger partial charge on any atom is -0.456 e. The third-order valence-electron chi connectivity index (χ3n) is 8.49. The molecule has 0 bridgehead atoms. The smallest absolute Gasteiger partial charge is 0.136 e. The zero-order valence-corrected chi connectivity index (χ0v) is 23.2. The van der Waals surface area contributed by atoms with Crippen molar-refractivity contribution in [1.82, 2.24) is 9.97 Å². The number of furan rings is 1. The van der Waals surface area contributed by atoms with E-state index in [1.807, 2.05) is 30.5 Å². The highest BCUT2D eigenvalue weighted by Crippen LogP contribution is 2.44. The molecule has 3 heteroatoms. The SMILES string of the molecule is c1ccc(-c2cccc(-c3c4ccccc4c(-c4ccc5oc6cc7ccccc7cc6c5c4)c4ccccc34)n2)nc1. The van der Waals surface area contributed by atoms with E-state index in [0.717, 1.165) is 50.1 Å². The summed E-state index contributed by atoms with van der Waals surface area (Å²) in [5.74, 6) is 0. The van der Waals surface area contributed by atoms with E-state index in [4.69, 9.17) is 9.40 Å². The second-order valence-corrected chi connectivity index (χ2v) is 11.0. The molecule has 3 heterocycles. The van der Waals surface area contributed by atoms with Crippen LogP contribution >= 0.6 is 0 Å². The molecule has 0 radical (unpaired) electrons. The molecule has 0 fully saturated rings. The molecule has 0 unspecified atom stereocenters. The van der Waals surface area contributed by atoms with Crippen molar-refractivity contribution in [3.05, 3.63) is 146 Å². The van der Waals surface area contributed by atoms with Crippen LogP contribution in [0, 0.1) is 0 Å². The molecule has 9 rings (SSSR count). The van der Waals surface area contributed by atoms with Gasteiger partial charge >= 0.3 is 0 Å². The average molecular weight is 549 g/mol. The highest BCUT2D eigenvalue weighted by Gasteiger charge is 2.19. The number of pyridine rings is 2. The molecule has 3 nitrogen and oxygen atoms in total. The topological polar surface area (TPSA) is 38.9 Å². The maximum atomic E-state index is 6.34. The Kier molecular flexibility index (Phi) is 5.20. The highest BCUT2D eigenvalue weighted by molar-refractivity contribution is 6.22. The minimum atomic E-state index is 0.861. The fourth-order valence-corrected chi connectivity index (χ4v) is 6.56. The van der Waals surface area contributed by atoms with Crippen molar-refractivity contribution in [2.75, 3.05) is 0 Å². The van der Waals surface area contributed by atoms with Gasteiger partial charge in [0, 0.05) is 22.5 Å². The van der Waals surface area contributed by atoms with Gasteiger partial charge in [0.05, 0.1) is 17.1 Å². The van der Waals surface area contributed by atoms with Crippen molar-refractivity contribution in [1.29, 1.82) is 0 Å². The van der Waals surface area contributed by atoms with Gasteiger partial charge < -0.3 is 4.42 Å². The van der Waals surface area contributed by atoms with Crippen LogP contribution in [-0.2, 0) is 0 Å². The molecule has 0 aliphatic carbocycles. The van der Waals surface area contributed by atoms with Crippen LogP contribution in [-0.4, -0.2) is 9.97 Å². The fourth-order valence-electron chi connectivity index (χ4n) is 6.56. The maximum Gasteiger partial charge on any atom is 0.136 e. The summed E-state index contributed by atoms with van der Waals surface area (Å²) >= 11 is 0. The molecule has 0 aliphatic rings. The number of benzene rings is 6. The quantitative estimate of drug-likeness (QED) is 0.206. The number of aromatic nitrogens is 2. The summed E-state index contributed by atoms with van der Waals surface area (Å²) in [6.07, 6.45) is 1.81. The molecular weight excluding hydrogens is 524 g/mol. The third kappa shape index (κ3) is 3.75. The normalized spacial score (nSPS) is 11.7. The Labute approximate surface area is 247 Å². The summed E-state index contributed by atoms with van der Waals surface area (Å²) in [5.41, 5.74) is 7.98. The lowest BCUT2D eigenvalue weighted by atomic mass is 9.87. The van der Waals surface area contributed by atoms with E-state index < -0.39 is 0 Å². The molecule has 0 aliphatic heterocycles. The zero-order chi connectivity index (χ0) is 28.3. The third-order valence-corrected chi connectivity index (χ3v) is 8.49. The van der Waals surface area contributed by atoms with Gasteiger partial charge in [0.1, 0.15) is 11.2 Å². The Morgan fingerprint density at radius 2 is 1.00 bits per heavy atom. The van der Waals surface area contributed by atoms with Gasteiger partial charge in [-0.25, -0.2) is 4.98 Å². The second-order valence-electron chi connectivity index (χ2n) is 11.0. The van der Waals surface area contributed by atoms with Gasteiger partial charge in [-0.05, 0) is 92.0 Å². The number of hydrogen-bond donors (Lipinski definition) is 0. The van der Waals surface area contributed by atoms with Crippen molar-refractivity contribution in [3.8, 4) is 33.8 Å². The van der Waals surface area contributed by atoms with Crippen LogP contribution < -0.4 is 0 Å². The van der Waals surface area contributed by atoms with Crippen molar-refractivity contribution < 1.29 is 4.42 Å². The molecular formula is C40H24N2O. The summed E-state index contributed by atoms with van der Waals surface area (Å²) in [6.45, 7) is 0. The van der Waals surface area contributed by atoms with Crippen LogP contribution in [0.5, 0.6) is 0 Å². The Morgan fingerprint density at radius 3 is 1.72 bits per heavy atom.